The lowest BCUT2D eigenvalue weighted by Gasteiger charge is -2.06. The summed E-state index contributed by atoms with van der Waals surface area (Å²) in [5, 5.41) is 10.8. The number of nitrogens with one attached hydrogen (secondary N) is 1. The van der Waals surface area contributed by atoms with Gasteiger partial charge >= 0.3 is 0 Å². The number of carbonyl (C=O) groups is 1. The standard InChI is InChI=1S/C11H12BrN3O2S/c12-8-2-3-10(9(14)6-8)18(17)7-11(16)15-5-1-4-13/h2-3,6H,1,5,7,14H2,(H,15,16). The maximum absolute atomic E-state index is 11.9. The number of benzene rings is 1. The molecule has 1 aromatic rings. The monoisotopic (exact) mass is 329 g/mol. The highest BCUT2D eigenvalue weighted by molar-refractivity contribution is 9.10. The smallest absolute Gasteiger partial charge is 0.233 e. The van der Waals surface area contributed by atoms with Crippen LogP contribution in [0.1, 0.15) is 6.42 Å². The number of nitrogen functional groups attached to an aromatic ring is 1. The minimum Gasteiger partial charge on any atom is -0.398 e. The predicted octanol–water partition coefficient (Wildman–Crippen LogP) is 1.17. The van der Waals surface area contributed by atoms with E-state index in [4.69, 9.17) is 11.0 Å². The number of nitriles is 1. The molecule has 1 atom stereocenters. The van der Waals surface area contributed by atoms with Crippen molar-refractivity contribution >= 4 is 38.3 Å². The molecule has 3 N–H and O–H groups in total. The van der Waals surface area contributed by atoms with Crippen LogP contribution in [0.5, 0.6) is 0 Å². The van der Waals surface area contributed by atoms with Gasteiger partial charge in [-0.3, -0.25) is 9.00 Å². The van der Waals surface area contributed by atoms with Crippen LogP contribution in [-0.4, -0.2) is 22.4 Å². The van der Waals surface area contributed by atoms with Gasteiger partial charge in [0.2, 0.25) is 5.91 Å². The molecule has 96 valence electrons. The zero-order valence-corrected chi connectivity index (χ0v) is 11.9. The molecule has 0 bridgehead atoms. The lowest BCUT2D eigenvalue weighted by atomic mass is 10.3. The van der Waals surface area contributed by atoms with Gasteiger partial charge in [-0.1, -0.05) is 15.9 Å². The Hall–Kier alpha value is -1.39. The average molecular weight is 330 g/mol. The van der Waals surface area contributed by atoms with Crippen molar-refractivity contribution in [2.45, 2.75) is 11.3 Å². The van der Waals surface area contributed by atoms with Gasteiger partial charge in [-0.05, 0) is 18.2 Å². The van der Waals surface area contributed by atoms with Crippen LogP contribution in [0.3, 0.4) is 0 Å². The molecule has 0 spiro atoms. The zero-order chi connectivity index (χ0) is 13.5. The fraction of sp³-hybridized carbons (Fsp3) is 0.273. The first kappa shape index (κ1) is 14.7. The van der Waals surface area contributed by atoms with Gasteiger partial charge in [-0.25, -0.2) is 0 Å². The number of hydrogen-bond acceptors (Lipinski definition) is 4. The molecule has 0 aliphatic heterocycles. The number of carbonyl (C=O) groups excluding carboxylic acids is 1. The van der Waals surface area contributed by atoms with Crippen LogP contribution < -0.4 is 11.1 Å². The lowest BCUT2D eigenvalue weighted by molar-refractivity contribution is -0.118. The van der Waals surface area contributed by atoms with E-state index in [9.17, 15) is 9.00 Å². The molecule has 5 nitrogen and oxygen atoms in total. The third-order valence-electron chi connectivity index (χ3n) is 2.04. The van der Waals surface area contributed by atoms with Crippen molar-refractivity contribution in [2.24, 2.45) is 0 Å². The van der Waals surface area contributed by atoms with E-state index in [1.165, 1.54) is 0 Å². The second-order valence-electron chi connectivity index (χ2n) is 3.43. The second-order valence-corrected chi connectivity index (χ2v) is 5.77. The summed E-state index contributed by atoms with van der Waals surface area (Å²) in [6, 6.07) is 6.89. The molecule has 1 aromatic carbocycles. The fourth-order valence-corrected chi connectivity index (χ4v) is 2.65. The molecule has 0 heterocycles. The number of anilines is 1. The van der Waals surface area contributed by atoms with Crippen LogP contribution in [0.4, 0.5) is 5.69 Å². The van der Waals surface area contributed by atoms with Crippen LogP contribution in [0.2, 0.25) is 0 Å². The highest BCUT2D eigenvalue weighted by atomic mass is 79.9. The van der Waals surface area contributed by atoms with Crippen molar-refractivity contribution in [3.05, 3.63) is 22.7 Å². The summed E-state index contributed by atoms with van der Waals surface area (Å²) >= 11 is 3.25. The minimum absolute atomic E-state index is 0.155. The number of hydrogen-bond donors (Lipinski definition) is 2. The van der Waals surface area contributed by atoms with E-state index >= 15 is 0 Å². The first-order valence-corrected chi connectivity index (χ1v) is 7.23. The maximum atomic E-state index is 11.9. The molecule has 0 aliphatic carbocycles. The first-order valence-electron chi connectivity index (χ1n) is 5.11. The van der Waals surface area contributed by atoms with Gasteiger partial charge in [0.05, 0.1) is 28.2 Å². The summed E-state index contributed by atoms with van der Waals surface area (Å²) < 4.78 is 12.7. The van der Waals surface area contributed by atoms with Crippen molar-refractivity contribution in [1.29, 1.82) is 5.26 Å². The van der Waals surface area contributed by atoms with Crippen LogP contribution in [0.15, 0.2) is 27.6 Å². The van der Waals surface area contributed by atoms with Gasteiger partial charge in [0, 0.05) is 16.7 Å². The lowest BCUT2D eigenvalue weighted by Crippen LogP contribution is -2.29. The molecule has 1 rings (SSSR count). The molecule has 0 saturated heterocycles. The maximum Gasteiger partial charge on any atom is 0.233 e. The number of nitrogens with two attached hydrogens (primary N) is 1. The molecule has 0 aromatic heterocycles. The Morgan fingerprint density at radius 3 is 2.89 bits per heavy atom. The van der Waals surface area contributed by atoms with Crippen LogP contribution in [0, 0.1) is 11.3 Å². The molecule has 0 radical (unpaired) electrons. The Kier molecular flexibility index (Phi) is 5.82. The molecule has 0 saturated carbocycles. The third-order valence-corrected chi connectivity index (χ3v) is 3.92. The van der Waals surface area contributed by atoms with E-state index < -0.39 is 10.8 Å². The van der Waals surface area contributed by atoms with Gasteiger partial charge in [-0.15, -0.1) is 0 Å². The summed E-state index contributed by atoms with van der Waals surface area (Å²) in [6.07, 6.45) is 0.235. The Labute approximate surface area is 116 Å². The zero-order valence-electron chi connectivity index (χ0n) is 9.48. The SMILES string of the molecule is N#CCCNC(=O)CS(=O)c1ccc(Br)cc1N. The summed E-state index contributed by atoms with van der Waals surface area (Å²) in [5.74, 6) is -0.511. The molecule has 1 unspecified atom stereocenters. The van der Waals surface area contributed by atoms with E-state index in [1.54, 1.807) is 18.2 Å². The topological polar surface area (TPSA) is 96.0 Å². The summed E-state index contributed by atoms with van der Waals surface area (Å²) in [5.41, 5.74) is 6.10. The molecular weight excluding hydrogens is 318 g/mol. The van der Waals surface area contributed by atoms with E-state index in [0.29, 0.717) is 10.6 Å². The van der Waals surface area contributed by atoms with Gasteiger partial charge in [0.15, 0.2) is 0 Å². The molecule has 18 heavy (non-hydrogen) atoms. The highest BCUT2D eigenvalue weighted by Gasteiger charge is 2.12. The van der Waals surface area contributed by atoms with Crippen molar-refractivity contribution in [2.75, 3.05) is 18.0 Å². The van der Waals surface area contributed by atoms with E-state index in [2.05, 4.69) is 21.2 Å². The predicted molar refractivity (Wildman–Crippen MR) is 73.1 cm³/mol. The minimum atomic E-state index is -1.48. The number of amides is 1. The quantitative estimate of drug-likeness (QED) is 0.626. The van der Waals surface area contributed by atoms with Crippen LogP contribution >= 0.6 is 15.9 Å². The molecule has 7 heteroatoms. The van der Waals surface area contributed by atoms with Crippen molar-refractivity contribution < 1.29 is 9.00 Å². The third kappa shape index (κ3) is 4.47. The highest BCUT2D eigenvalue weighted by Crippen LogP contribution is 2.21. The van der Waals surface area contributed by atoms with E-state index in [-0.39, 0.29) is 24.6 Å². The molecular formula is C11H12BrN3O2S. The fourth-order valence-electron chi connectivity index (χ4n) is 1.23. The normalized spacial score (nSPS) is 11.6. The Bertz CT molecular complexity index is 514. The number of nitrogens with zero attached hydrogens (tertiary/aromatic N) is 1. The van der Waals surface area contributed by atoms with Gasteiger partial charge in [-0.2, -0.15) is 5.26 Å². The van der Waals surface area contributed by atoms with Crippen LogP contribution in [-0.2, 0) is 15.6 Å². The van der Waals surface area contributed by atoms with Crippen molar-refractivity contribution in [1.82, 2.24) is 5.32 Å². The second kappa shape index (κ2) is 7.13. The largest absolute Gasteiger partial charge is 0.398 e. The average Bonchev–Trinajstić information content (AvgIpc) is 2.28. The van der Waals surface area contributed by atoms with Crippen LogP contribution in [0.25, 0.3) is 0 Å². The summed E-state index contributed by atoms with van der Waals surface area (Å²) in [4.78, 5) is 11.9. The Morgan fingerprint density at radius 1 is 1.56 bits per heavy atom. The number of rotatable bonds is 5. The van der Waals surface area contributed by atoms with E-state index in [1.807, 2.05) is 6.07 Å². The molecule has 1 amide bonds. The summed E-state index contributed by atoms with van der Waals surface area (Å²) in [6.45, 7) is 0.266. The molecule has 0 aliphatic rings. The van der Waals surface area contributed by atoms with Crippen molar-refractivity contribution in [3.63, 3.8) is 0 Å². The van der Waals surface area contributed by atoms with Gasteiger partial charge in [0.1, 0.15) is 5.75 Å². The molecule has 0 fully saturated rings. The van der Waals surface area contributed by atoms with Gasteiger partial charge < -0.3 is 11.1 Å². The van der Waals surface area contributed by atoms with E-state index in [0.717, 1.165) is 4.47 Å². The van der Waals surface area contributed by atoms with Gasteiger partial charge in [0.25, 0.3) is 0 Å². The Balaban J connectivity index is 2.60. The summed E-state index contributed by atoms with van der Waals surface area (Å²) in [7, 11) is -1.48. The first-order chi connectivity index (χ1) is 8.54. The number of halogens is 1. The van der Waals surface area contributed by atoms with Crippen molar-refractivity contribution in [3.8, 4) is 6.07 Å². The Morgan fingerprint density at radius 2 is 2.28 bits per heavy atom.